The van der Waals surface area contributed by atoms with E-state index in [1.807, 2.05) is 6.07 Å². The highest BCUT2D eigenvalue weighted by molar-refractivity contribution is 7.71. The molecule has 3 aliphatic rings. The van der Waals surface area contributed by atoms with E-state index < -0.39 is 0 Å². The smallest absolute Gasteiger partial charge is 0.127 e. The third kappa shape index (κ3) is 2.03. The molecule has 20 heavy (non-hydrogen) atoms. The van der Waals surface area contributed by atoms with Crippen LogP contribution in [0.4, 0.5) is 0 Å². The standard InChI is InChI=1S/C16H19N3S/c20-16-14(12-4-2-1-3-5-12)10-19(17-16)15-11-18-8-6-13(15)7-9-18/h1-5,10,13,15H,6-9,11H2,(H,17,20). The van der Waals surface area contributed by atoms with Crippen molar-refractivity contribution in [1.29, 1.82) is 0 Å². The number of hydrogen-bond donors (Lipinski definition) is 1. The van der Waals surface area contributed by atoms with Crippen LogP contribution >= 0.6 is 12.2 Å². The van der Waals surface area contributed by atoms with E-state index in [0.717, 1.165) is 16.1 Å². The fourth-order valence-electron chi connectivity index (χ4n) is 3.66. The normalized spacial score (nSPS) is 28.7. The van der Waals surface area contributed by atoms with Crippen molar-refractivity contribution in [3.8, 4) is 11.1 Å². The van der Waals surface area contributed by atoms with Gasteiger partial charge < -0.3 is 4.90 Å². The molecule has 104 valence electrons. The molecule has 0 aliphatic carbocycles. The van der Waals surface area contributed by atoms with E-state index in [0.29, 0.717) is 6.04 Å². The van der Waals surface area contributed by atoms with Gasteiger partial charge in [0.1, 0.15) is 4.64 Å². The Kier molecular flexibility index (Phi) is 3.00. The van der Waals surface area contributed by atoms with Crippen molar-refractivity contribution >= 4 is 12.2 Å². The molecule has 4 heterocycles. The van der Waals surface area contributed by atoms with Crippen molar-refractivity contribution < 1.29 is 0 Å². The summed E-state index contributed by atoms with van der Waals surface area (Å²) in [4.78, 5) is 2.57. The zero-order chi connectivity index (χ0) is 13.5. The Hall–Kier alpha value is -1.39. The first-order valence-electron chi connectivity index (χ1n) is 7.40. The van der Waals surface area contributed by atoms with Gasteiger partial charge >= 0.3 is 0 Å². The molecule has 1 atom stereocenters. The van der Waals surface area contributed by atoms with E-state index in [1.54, 1.807) is 0 Å². The van der Waals surface area contributed by atoms with E-state index in [1.165, 1.54) is 38.0 Å². The SMILES string of the molecule is S=c1[nH]n(C2CN3CCC2CC3)cc1-c1ccccc1. The molecule has 1 unspecified atom stereocenters. The molecule has 0 saturated carbocycles. The molecule has 5 rings (SSSR count). The number of rotatable bonds is 2. The lowest BCUT2D eigenvalue weighted by Gasteiger charge is -2.44. The molecule has 0 radical (unpaired) electrons. The zero-order valence-corrected chi connectivity index (χ0v) is 12.3. The molecular weight excluding hydrogens is 266 g/mol. The van der Waals surface area contributed by atoms with Crippen molar-refractivity contribution in [2.75, 3.05) is 19.6 Å². The van der Waals surface area contributed by atoms with Gasteiger partial charge in [0.2, 0.25) is 0 Å². The van der Waals surface area contributed by atoms with Crippen LogP contribution in [0.5, 0.6) is 0 Å². The molecule has 3 saturated heterocycles. The van der Waals surface area contributed by atoms with Crippen LogP contribution in [0.3, 0.4) is 0 Å². The second-order valence-electron chi connectivity index (χ2n) is 5.96. The molecule has 1 N–H and O–H groups in total. The Labute approximate surface area is 124 Å². The van der Waals surface area contributed by atoms with Crippen molar-refractivity contribution in [2.45, 2.75) is 18.9 Å². The van der Waals surface area contributed by atoms with Gasteiger partial charge in [-0.1, -0.05) is 42.5 Å². The third-order valence-corrected chi connectivity index (χ3v) is 5.12. The monoisotopic (exact) mass is 285 g/mol. The molecule has 1 aromatic carbocycles. The van der Waals surface area contributed by atoms with Gasteiger partial charge in [-0.2, -0.15) is 0 Å². The van der Waals surface area contributed by atoms with E-state index in [2.05, 4.69) is 45.1 Å². The minimum absolute atomic E-state index is 0.566. The summed E-state index contributed by atoms with van der Waals surface area (Å²) in [6, 6.07) is 11.0. The third-order valence-electron chi connectivity index (χ3n) is 4.81. The molecular formula is C16H19N3S. The van der Waals surface area contributed by atoms with Crippen molar-refractivity contribution in [3.05, 3.63) is 41.2 Å². The van der Waals surface area contributed by atoms with Crippen LogP contribution < -0.4 is 0 Å². The van der Waals surface area contributed by atoms with Crippen LogP contribution in [0.25, 0.3) is 11.1 Å². The number of aromatic nitrogens is 2. The molecule has 4 heteroatoms. The zero-order valence-electron chi connectivity index (χ0n) is 11.5. The Morgan fingerprint density at radius 3 is 2.50 bits per heavy atom. The van der Waals surface area contributed by atoms with Crippen LogP contribution in [-0.4, -0.2) is 34.3 Å². The number of hydrogen-bond acceptors (Lipinski definition) is 2. The molecule has 0 amide bonds. The maximum absolute atomic E-state index is 5.52. The summed E-state index contributed by atoms with van der Waals surface area (Å²) in [7, 11) is 0. The van der Waals surface area contributed by atoms with Gasteiger partial charge in [-0.05, 0) is 37.4 Å². The highest BCUT2D eigenvalue weighted by Crippen LogP contribution is 2.36. The van der Waals surface area contributed by atoms with Gasteiger partial charge in [0.05, 0.1) is 6.04 Å². The maximum Gasteiger partial charge on any atom is 0.127 e. The average molecular weight is 285 g/mol. The van der Waals surface area contributed by atoms with Crippen LogP contribution in [0.15, 0.2) is 36.5 Å². The Morgan fingerprint density at radius 1 is 1.10 bits per heavy atom. The van der Waals surface area contributed by atoms with Gasteiger partial charge in [-0.25, -0.2) is 0 Å². The summed E-state index contributed by atoms with van der Waals surface area (Å²) in [6.07, 6.45) is 4.86. The molecule has 3 fully saturated rings. The van der Waals surface area contributed by atoms with Crippen LogP contribution in [-0.2, 0) is 0 Å². The van der Waals surface area contributed by atoms with Gasteiger partial charge in [-0.15, -0.1) is 0 Å². The molecule has 0 spiro atoms. The highest BCUT2D eigenvalue weighted by Gasteiger charge is 2.35. The van der Waals surface area contributed by atoms with Crippen molar-refractivity contribution in [2.24, 2.45) is 5.92 Å². The first-order chi connectivity index (χ1) is 9.81. The molecule has 2 aromatic rings. The quantitative estimate of drug-likeness (QED) is 0.854. The van der Waals surface area contributed by atoms with Crippen molar-refractivity contribution in [1.82, 2.24) is 14.7 Å². The van der Waals surface area contributed by atoms with E-state index in [9.17, 15) is 0 Å². The Balaban J connectivity index is 1.69. The average Bonchev–Trinajstić information content (AvgIpc) is 2.91. The Bertz CT molecular complexity index is 650. The lowest BCUT2D eigenvalue weighted by molar-refractivity contribution is 0.0512. The van der Waals surface area contributed by atoms with Crippen LogP contribution in [0.2, 0.25) is 0 Å². The maximum atomic E-state index is 5.52. The van der Waals surface area contributed by atoms with E-state index >= 15 is 0 Å². The number of nitrogens with one attached hydrogen (secondary N) is 1. The van der Waals surface area contributed by atoms with Gasteiger partial charge in [0, 0.05) is 18.3 Å². The predicted octanol–water partition coefficient (Wildman–Crippen LogP) is 3.48. The lowest BCUT2D eigenvalue weighted by Crippen LogP contribution is -2.48. The van der Waals surface area contributed by atoms with E-state index in [-0.39, 0.29) is 0 Å². The largest absolute Gasteiger partial charge is 0.301 e. The number of piperidine rings is 3. The highest BCUT2D eigenvalue weighted by atomic mass is 32.1. The second-order valence-corrected chi connectivity index (χ2v) is 6.37. The first-order valence-corrected chi connectivity index (χ1v) is 7.81. The fraction of sp³-hybridized carbons (Fsp3) is 0.438. The fourth-order valence-corrected chi connectivity index (χ4v) is 3.93. The summed E-state index contributed by atoms with van der Waals surface area (Å²) >= 11 is 5.52. The number of H-pyrrole nitrogens is 1. The minimum atomic E-state index is 0.566. The summed E-state index contributed by atoms with van der Waals surface area (Å²) in [5.41, 5.74) is 2.35. The molecule has 3 aliphatic heterocycles. The van der Waals surface area contributed by atoms with Crippen molar-refractivity contribution in [3.63, 3.8) is 0 Å². The minimum Gasteiger partial charge on any atom is -0.301 e. The summed E-state index contributed by atoms with van der Waals surface area (Å²) in [5, 5.41) is 3.40. The lowest BCUT2D eigenvalue weighted by atomic mass is 9.84. The Morgan fingerprint density at radius 2 is 1.85 bits per heavy atom. The molecule has 1 aromatic heterocycles. The second kappa shape index (κ2) is 4.86. The summed E-state index contributed by atoms with van der Waals surface area (Å²) < 4.78 is 3.12. The van der Waals surface area contributed by atoms with E-state index in [4.69, 9.17) is 12.2 Å². The van der Waals surface area contributed by atoms with Gasteiger partial charge in [-0.3, -0.25) is 9.78 Å². The van der Waals surface area contributed by atoms with Gasteiger partial charge in [0.15, 0.2) is 0 Å². The summed E-state index contributed by atoms with van der Waals surface area (Å²) in [6.45, 7) is 3.71. The number of aromatic amines is 1. The topological polar surface area (TPSA) is 24.0 Å². The number of benzene rings is 1. The predicted molar refractivity (Wildman–Crippen MR) is 83.3 cm³/mol. The number of fused-ring (bicyclic) bond motifs is 3. The summed E-state index contributed by atoms with van der Waals surface area (Å²) in [5.74, 6) is 0.807. The molecule has 3 nitrogen and oxygen atoms in total. The first kappa shape index (κ1) is 12.4. The molecule has 2 bridgehead atoms. The number of nitrogens with zero attached hydrogens (tertiary/aromatic N) is 2. The van der Waals surface area contributed by atoms with Crippen LogP contribution in [0, 0.1) is 10.6 Å². The van der Waals surface area contributed by atoms with Gasteiger partial charge in [0.25, 0.3) is 0 Å². The van der Waals surface area contributed by atoms with Crippen LogP contribution in [0.1, 0.15) is 18.9 Å².